The van der Waals surface area contributed by atoms with Crippen molar-refractivity contribution in [1.29, 1.82) is 0 Å². The van der Waals surface area contributed by atoms with Gasteiger partial charge in [0.2, 0.25) is 0 Å². The third-order valence-electron chi connectivity index (χ3n) is 0.765. The van der Waals surface area contributed by atoms with Crippen LogP contribution in [-0.2, 0) is 4.79 Å². The average molecular weight is 197 g/mol. The van der Waals surface area contributed by atoms with Crippen LogP contribution in [0.2, 0.25) is 10.6 Å². The number of aliphatic carboxylic acids is 1. The van der Waals surface area contributed by atoms with Crippen LogP contribution in [0.1, 0.15) is 6.92 Å². The first-order valence-electron chi connectivity index (χ1n) is 2.67. The van der Waals surface area contributed by atoms with Gasteiger partial charge in [-0.15, -0.1) is 0 Å². The van der Waals surface area contributed by atoms with E-state index in [-0.39, 0.29) is 15.0 Å². The van der Waals surface area contributed by atoms with Crippen LogP contribution in [-0.4, -0.2) is 37.2 Å². The molecule has 0 aromatic carbocycles. The van der Waals surface area contributed by atoms with E-state index >= 15 is 0 Å². The van der Waals surface area contributed by atoms with Gasteiger partial charge in [0, 0.05) is 0 Å². The van der Waals surface area contributed by atoms with E-state index in [9.17, 15) is 4.79 Å². The predicted octanol–water partition coefficient (Wildman–Crippen LogP) is -0.00740. The minimum absolute atomic E-state index is 0.289. The third kappa shape index (κ3) is 4.45. The summed E-state index contributed by atoms with van der Waals surface area (Å²) >= 11 is 0.289. The van der Waals surface area contributed by atoms with Crippen molar-refractivity contribution in [3.05, 3.63) is 0 Å². The summed E-state index contributed by atoms with van der Waals surface area (Å²) in [4.78, 5) is 9.97. The van der Waals surface area contributed by atoms with Gasteiger partial charge in [-0.1, -0.05) is 0 Å². The Bertz CT molecular complexity index is 94.2. The summed E-state index contributed by atoms with van der Waals surface area (Å²) in [6.07, 6.45) is -1.13. The fourth-order valence-corrected chi connectivity index (χ4v) is 1.56. The molecule has 0 heterocycles. The molecule has 4 heteroatoms. The second-order valence-electron chi connectivity index (χ2n) is 1.51. The zero-order valence-electron chi connectivity index (χ0n) is 5.20. The van der Waals surface area contributed by atoms with Gasteiger partial charge >= 0.3 is 59.6 Å². The molecule has 9 heavy (non-hydrogen) atoms. The van der Waals surface area contributed by atoms with Crippen molar-refractivity contribution in [3.8, 4) is 0 Å². The summed E-state index contributed by atoms with van der Waals surface area (Å²) in [5.74, 6) is -1.11. The monoisotopic (exact) mass is 198 g/mol. The van der Waals surface area contributed by atoms with Gasteiger partial charge in [0.25, 0.3) is 0 Å². The molecule has 1 atom stereocenters. The number of aliphatic hydroxyl groups is 1. The Balaban J connectivity index is 3.27. The summed E-state index contributed by atoms with van der Waals surface area (Å²) in [6, 6.07) is 0. The molecule has 2 N–H and O–H groups in total. The van der Waals surface area contributed by atoms with Crippen LogP contribution in [0.4, 0.5) is 0 Å². The van der Waals surface area contributed by atoms with Crippen LogP contribution in [0.3, 0.4) is 0 Å². The predicted molar refractivity (Wildman–Crippen MR) is 34.7 cm³/mol. The van der Waals surface area contributed by atoms with Crippen LogP contribution >= 0.6 is 0 Å². The zero-order valence-corrected chi connectivity index (χ0v) is 6.92. The molecular formula is C5H10O3Se. The van der Waals surface area contributed by atoms with Gasteiger partial charge < -0.3 is 0 Å². The summed E-state index contributed by atoms with van der Waals surface area (Å²) in [6.45, 7) is 1.98. The summed E-state index contributed by atoms with van der Waals surface area (Å²) in [5, 5.41) is 18.3. The molecule has 0 saturated carbocycles. The molecule has 0 aliphatic rings. The van der Waals surface area contributed by atoms with Crippen molar-refractivity contribution < 1.29 is 15.0 Å². The van der Waals surface area contributed by atoms with Crippen LogP contribution in [0.15, 0.2) is 0 Å². The Labute approximate surface area is 60.2 Å². The molecule has 0 amide bonds. The molecule has 0 fully saturated rings. The van der Waals surface area contributed by atoms with Crippen molar-refractivity contribution in [2.75, 3.05) is 0 Å². The van der Waals surface area contributed by atoms with E-state index < -0.39 is 12.1 Å². The van der Waals surface area contributed by atoms with Crippen molar-refractivity contribution in [3.63, 3.8) is 0 Å². The Morgan fingerprint density at radius 2 is 2.33 bits per heavy atom. The van der Waals surface area contributed by atoms with Crippen molar-refractivity contribution in [1.82, 2.24) is 0 Å². The van der Waals surface area contributed by atoms with E-state index in [4.69, 9.17) is 10.2 Å². The normalized spacial score (nSPS) is 13.1. The van der Waals surface area contributed by atoms with E-state index in [1.165, 1.54) is 0 Å². The third-order valence-corrected chi connectivity index (χ3v) is 2.78. The van der Waals surface area contributed by atoms with E-state index in [0.29, 0.717) is 5.32 Å². The maximum absolute atomic E-state index is 9.97. The first kappa shape index (κ1) is 8.95. The number of aliphatic hydroxyl groups excluding tert-OH is 1. The number of carboxylic acids is 1. The molecule has 0 radical (unpaired) electrons. The Kier molecular flexibility index (Phi) is 4.77. The SMILES string of the molecule is CC[Se]CC(O)C(=O)O. The number of hydrogen-bond donors (Lipinski definition) is 2. The van der Waals surface area contributed by atoms with E-state index in [1.807, 2.05) is 6.92 Å². The van der Waals surface area contributed by atoms with Gasteiger partial charge in [-0.25, -0.2) is 0 Å². The van der Waals surface area contributed by atoms with Crippen LogP contribution in [0.5, 0.6) is 0 Å². The molecule has 0 aromatic rings. The Morgan fingerprint density at radius 1 is 1.78 bits per heavy atom. The second kappa shape index (κ2) is 4.79. The number of rotatable bonds is 4. The molecule has 0 aliphatic carbocycles. The number of carboxylic acid groups (broad SMARTS) is 1. The van der Waals surface area contributed by atoms with Crippen molar-refractivity contribution in [2.45, 2.75) is 23.7 Å². The molecule has 0 rings (SSSR count). The zero-order chi connectivity index (χ0) is 7.28. The fourth-order valence-electron chi connectivity index (χ4n) is 0.301. The van der Waals surface area contributed by atoms with Gasteiger partial charge in [-0.3, -0.25) is 0 Å². The van der Waals surface area contributed by atoms with Crippen molar-refractivity contribution >= 4 is 20.9 Å². The van der Waals surface area contributed by atoms with Gasteiger partial charge in [-0.05, 0) is 0 Å². The molecule has 0 aromatic heterocycles. The molecular weight excluding hydrogens is 187 g/mol. The van der Waals surface area contributed by atoms with E-state index in [0.717, 1.165) is 5.32 Å². The molecule has 3 nitrogen and oxygen atoms in total. The van der Waals surface area contributed by atoms with Gasteiger partial charge in [0.15, 0.2) is 0 Å². The summed E-state index contributed by atoms with van der Waals surface area (Å²) in [7, 11) is 0. The molecule has 0 aliphatic heterocycles. The Hall–Kier alpha value is -0.0505. The molecule has 1 unspecified atom stereocenters. The minimum atomic E-state index is -1.13. The van der Waals surface area contributed by atoms with Crippen LogP contribution < -0.4 is 0 Å². The fraction of sp³-hybridized carbons (Fsp3) is 0.800. The molecule has 0 spiro atoms. The molecule has 0 bridgehead atoms. The summed E-state index contributed by atoms with van der Waals surface area (Å²) < 4.78 is 0. The second-order valence-corrected chi connectivity index (χ2v) is 4.28. The standard InChI is InChI=1S/C5H10O3Se/c1-2-9-3-4(6)5(7)8/h4,6H,2-3H2,1H3,(H,7,8). The topological polar surface area (TPSA) is 57.5 Å². The average Bonchev–Trinajstić information content (AvgIpc) is 1.82. The number of carbonyl (C=O) groups is 1. The molecule has 0 saturated heterocycles. The van der Waals surface area contributed by atoms with Gasteiger partial charge in [0.05, 0.1) is 0 Å². The number of hydrogen-bond acceptors (Lipinski definition) is 2. The van der Waals surface area contributed by atoms with Crippen LogP contribution in [0.25, 0.3) is 0 Å². The van der Waals surface area contributed by atoms with E-state index in [1.54, 1.807) is 0 Å². The van der Waals surface area contributed by atoms with Crippen LogP contribution in [0, 0.1) is 0 Å². The van der Waals surface area contributed by atoms with Gasteiger partial charge in [0.1, 0.15) is 0 Å². The molecule has 54 valence electrons. The first-order chi connectivity index (χ1) is 4.18. The Morgan fingerprint density at radius 3 is 2.67 bits per heavy atom. The maximum atomic E-state index is 9.97. The van der Waals surface area contributed by atoms with Gasteiger partial charge in [-0.2, -0.15) is 0 Å². The van der Waals surface area contributed by atoms with Crippen molar-refractivity contribution in [2.24, 2.45) is 0 Å². The summed E-state index contributed by atoms with van der Waals surface area (Å²) in [5.41, 5.74) is 0. The quantitative estimate of drug-likeness (QED) is 0.623. The van der Waals surface area contributed by atoms with E-state index in [2.05, 4.69) is 0 Å². The first-order valence-corrected chi connectivity index (χ1v) is 5.09.